The highest BCUT2D eigenvalue weighted by Gasteiger charge is 2.36. The third-order valence-corrected chi connectivity index (χ3v) is 5.92. The topological polar surface area (TPSA) is 66.9 Å². The van der Waals surface area contributed by atoms with E-state index in [1.165, 1.54) is 17.0 Å². The minimum absolute atomic E-state index is 0.0317. The minimum atomic E-state index is -4.47. The predicted molar refractivity (Wildman–Crippen MR) is 113 cm³/mol. The van der Waals surface area contributed by atoms with Crippen molar-refractivity contribution < 1.29 is 32.3 Å². The zero-order valence-corrected chi connectivity index (χ0v) is 17.8. The first-order valence-corrected chi connectivity index (χ1v) is 10.7. The lowest BCUT2D eigenvalue weighted by Crippen LogP contribution is -2.39. The molecule has 2 aliphatic heterocycles. The van der Waals surface area contributed by atoms with Gasteiger partial charge < -0.3 is 14.5 Å². The SMILES string of the molecule is O=C(OCC(=O)N1CCCc2ccccc21)C1CC(=O)N(Cc2cccc(C(F)(F)F)c2)C1. The van der Waals surface area contributed by atoms with E-state index in [1.54, 1.807) is 4.90 Å². The van der Waals surface area contributed by atoms with E-state index in [9.17, 15) is 27.6 Å². The number of aryl methyl sites for hydroxylation is 1. The van der Waals surface area contributed by atoms with Gasteiger partial charge in [0, 0.05) is 31.7 Å². The van der Waals surface area contributed by atoms with Gasteiger partial charge in [-0.2, -0.15) is 13.2 Å². The number of ether oxygens (including phenoxy) is 1. The summed E-state index contributed by atoms with van der Waals surface area (Å²) in [5.74, 6) is -2.09. The van der Waals surface area contributed by atoms with Gasteiger partial charge in [-0.05, 0) is 42.2 Å². The summed E-state index contributed by atoms with van der Waals surface area (Å²) in [4.78, 5) is 40.4. The number of carbonyl (C=O) groups excluding carboxylic acids is 3. The number of alkyl halides is 3. The van der Waals surface area contributed by atoms with Crippen LogP contribution >= 0.6 is 0 Å². The lowest BCUT2D eigenvalue weighted by atomic mass is 10.0. The highest BCUT2D eigenvalue weighted by molar-refractivity contribution is 5.96. The zero-order chi connectivity index (χ0) is 23.6. The van der Waals surface area contributed by atoms with Crippen LogP contribution < -0.4 is 4.90 Å². The van der Waals surface area contributed by atoms with Crippen LogP contribution in [0.5, 0.6) is 0 Å². The van der Waals surface area contributed by atoms with Crippen molar-refractivity contribution >= 4 is 23.5 Å². The summed E-state index contributed by atoms with van der Waals surface area (Å²) < 4.78 is 44.0. The van der Waals surface area contributed by atoms with Crippen molar-refractivity contribution in [2.24, 2.45) is 5.92 Å². The first-order chi connectivity index (χ1) is 15.7. The number of nitrogens with zero attached hydrogens (tertiary/aromatic N) is 2. The average Bonchev–Trinajstić information content (AvgIpc) is 3.16. The first-order valence-electron chi connectivity index (χ1n) is 10.7. The fraction of sp³-hybridized carbons (Fsp3) is 0.375. The highest BCUT2D eigenvalue weighted by Crippen LogP contribution is 2.31. The summed E-state index contributed by atoms with van der Waals surface area (Å²) >= 11 is 0. The fourth-order valence-electron chi connectivity index (χ4n) is 4.27. The Bertz CT molecular complexity index is 1070. The molecular weight excluding hydrogens is 437 g/mol. The second-order valence-electron chi connectivity index (χ2n) is 8.26. The number of fused-ring (bicyclic) bond motifs is 1. The Balaban J connectivity index is 1.32. The Hall–Kier alpha value is -3.36. The quantitative estimate of drug-likeness (QED) is 0.640. The van der Waals surface area contributed by atoms with Gasteiger partial charge in [0.25, 0.3) is 5.91 Å². The van der Waals surface area contributed by atoms with Gasteiger partial charge in [0.05, 0.1) is 11.5 Å². The second-order valence-corrected chi connectivity index (χ2v) is 8.26. The van der Waals surface area contributed by atoms with E-state index in [0.29, 0.717) is 12.1 Å². The van der Waals surface area contributed by atoms with E-state index in [0.717, 1.165) is 36.2 Å². The van der Waals surface area contributed by atoms with Crippen LogP contribution in [-0.4, -0.2) is 42.4 Å². The molecule has 0 aliphatic carbocycles. The standard InChI is InChI=1S/C24H23F3N2O4/c25-24(26,27)19-8-3-5-16(11-19)13-28-14-18(12-21(28)30)23(32)33-15-22(31)29-10-4-7-17-6-1-2-9-20(17)29/h1-3,5-6,8-9,11,18H,4,7,10,12-15H2. The average molecular weight is 460 g/mol. The Kier molecular flexibility index (Phi) is 6.40. The lowest BCUT2D eigenvalue weighted by molar-refractivity contribution is -0.151. The summed E-state index contributed by atoms with van der Waals surface area (Å²) in [6.07, 6.45) is -2.87. The van der Waals surface area contributed by atoms with Crippen molar-refractivity contribution in [3.8, 4) is 0 Å². The molecular formula is C24H23F3N2O4. The molecule has 2 heterocycles. The predicted octanol–water partition coefficient (Wildman–Crippen LogP) is 3.58. The van der Waals surface area contributed by atoms with Crippen molar-refractivity contribution in [1.29, 1.82) is 0 Å². The maximum absolute atomic E-state index is 12.9. The number of likely N-dealkylation sites (tertiary alicyclic amines) is 1. The molecule has 0 N–H and O–H groups in total. The van der Waals surface area contributed by atoms with E-state index in [1.807, 2.05) is 24.3 Å². The number of halogens is 3. The maximum atomic E-state index is 12.9. The molecule has 2 aromatic carbocycles. The van der Waals surface area contributed by atoms with Crippen molar-refractivity contribution in [2.45, 2.75) is 32.0 Å². The van der Waals surface area contributed by atoms with Crippen molar-refractivity contribution in [1.82, 2.24) is 4.90 Å². The van der Waals surface area contributed by atoms with Crippen LogP contribution in [0.3, 0.4) is 0 Å². The van der Waals surface area contributed by atoms with Gasteiger partial charge in [-0.1, -0.05) is 30.3 Å². The largest absolute Gasteiger partial charge is 0.455 e. The normalized spacial score (nSPS) is 18.3. The van der Waals surface area contributed by atoms with Crippen LogP contribution in [0, 0.1) is 5.92 Å². The molecule has 4 rings (SSSR count). The number of para-hydroxylation sites is 1. The molecule has 2 aromatic rings. The summed E-state index contributed by atoms with van der Waals surface area (Å²) in [6, 6.07) is 12.3. The zero-order valence-electron chi connectivity index (χ0n) is 17.8. The third-order valence-electron chi connectivity index (χ3n) is 5.92. The van der Waals surface area contributed by atoms with Gasteiger partial charge in [-0.15, -0.1) is 0 Å². The van der Waals surface area contributed by atoms with Crippen LogP contribution in [0.25, 0.3) is 0 Å². The van der Waals surface area contributed by atoms with Gasteiger partial charge in [-0.25, -0.2) is 0 Å². The molecule has 6 nitrogen and oxygen atoms in total. The summed E-state index contributed by atoms with van der Waals surface area (Å²) in [5.41, 5.74) is 1.41. The van der Waals surface area contributed by atoms with E-state index in [2.05, 4.69) is 0 Å². The van der Waals surface area contributed by atoms with Crippen LogP contribution in [0.2, 0.25) is 0 Å². The van der Waals surface area contributed by atoms with E-state index >= 15 is 0 Å². The smallest absolute Gasteiger partial charge is 0.416 e. The van der Waals surface area contributed by atoms with Crippen molar-refractivity contribution in [2.75, 3.05) is 24.6 Å². The Morgan fingerprint density at radius 2 is 1.88 bits per heavy atom. The molecule has 1 saturated heterocycles. The molecule has 0 bridgehead atoms. The number of hydrogen-bond acceptors (Lipinski definition) is 4. The monoisotopic (exact) mass is 460 g/mol. The number of benzene rings is 2. The van der Waals surface area contributed by atoms with E-state index < -0.39 is 30.2 Å². The Morgan fingerprint density at radius 3 is 2.67 bits per heavy atom. The van der Waals surface area contributed by atoms with Crippen LogP contribution in [-0.2, 0) is 38.3 Å². The number of anilines is 1. The van der Waals surface area contributed by atoms with Gasteiger partial charge in [-0.3, -0.25) is 14.4 Å². The number of esters is 1. The summed E-state index contributed by atoms with van der Waals surface area (Å²) in [6.45, 7) is 0.121. The Labute approximate surface area is 188 Å². The number of rotatable bonds is 5. The number of carbonyl (C=O) groups is 3. The molecule has 0 spiro atoms. The summed E-state index contributed by atoms with van der Waals surface area (Å²) in [5, 5.41) is 0. The van der Waals surface area contributed by atoms with E-state index in [-0.39, 0.29) is 31.3 Å². The lowest BCUT2D eigenvalue weighted by Gasteiger charge is -2.29. The third kappa shape index (κ3) is 5.18. The van der Waals surface area contributed by atoms with Gasteiger partial charge >= 0.3 is 12.1 Å². The fourth-order valence-corrected chi connectivity index (χ4v) is 4.27. The molecule has 33 heavy (non-hydrogen) atoms. The minimum Gasteiger partial charge on any atom is -0.455 e. The van der Waals surface area contributed by atoms with Gasteiger partial charge in [0.2, 0.25) is 5.91 Å². The van der Waals surface area contributed by atoms with Crippen molar-refractivity contribution in [3.63, 3.8) is 0 Å². The molecule has 1 atom stereocenters. The summed E-state index contributed by atoms with van der Waals surface area (Å²) in [7, 11) is 0. The number of hydrogen-bond donors (Lipinski definition) is 0. The Morgan fingerprint density at radius 1 is 1.09 bits per heavy atom. The molecule has 0 aromatic heterocycles. The molecule has 0 saturated carbocycles. The van der Waals surface area contributed by atoms with Gasteiger partial charge in [0.1, 0.15) is 0 Å². The molecule has 2 amide bonds. The van der Waals surface area contributed by atoms with Crippen LogP contribution in [0.1, 0.15) is 29.5 Å². The van der Waals surface area contributed by atoms with Gasteiger partial charge in [0.15, 0.2) is 6.61 Å². The molecule has 174 valence electrons. The van der Waals surface area contributed by atoms with Crippen molar-refractivity contribution in [3.05, 3.63) is 65.2 Å². The first kappa shape index (κ1) is 22.8. The molecule has 1 unspecified atom stereocenters. The molecule has 9 heteroatoms. The molecule has 1 fully saturated rings. The molecule has 2 aliphatic rings. The van der Waals surface area contributed by atoms with Crippen LogP contribution in [0.15, 0.2) is 48.5 Å². The van der Waals surface area contributed by atoms with E-state index in [4.69, 9.17) is 4.74 Å². The second kappa shape index (κ2) is 9.25. The van der Waals surface area contributed by atoms with Crippen LogP contribution in [0.4, 0.5) is 18.9 Å². The highest BCUT2D eigenvalue weighted by atomic mass is 19.4. The maximum Gasteiger partial charge on any atom is 0.416 e. The molecule has 0 radical (unpaired) electrons. The number of amides is 2.